The number of hydrogen-bond acceptors (Lipinski definition) is 5. The largest absolute Gasteiger partial charge is 0.348 e. The molecule has 4 rings (SSSR count). The summed E-state index contributed by atoms with van der Waals surface area (Å²) < 4.78 is 0. The summed E-state index contributed by atoms with van der Waals surface area (Å²) in [7, 11) is 0. The van der Waals surface area contributed by atoms with Gasteiger partial charge < -0.3 is 10.2 Å². The van der Waals surface area contributed by atoms with Gasteiger partial charge in [-0.15, -0.1) is 11.3 Å². The lowest BCUT2D eigenvalue weighted by molar-refractivity contribution is 0.0698. The van der Waals surface area contributed by atoms with Crippen molar-refractivity contribution in [2.24, 2.45) is 0 Å². The fourth-order valence-corrected chi connectivity index (χ4v) is 4.25. The molecule has 3 heterocycles. The first kappa shape index (κ1) is 18.6. The van der Waals surface area contributed by atoms with Gasteiger partial charge in [0.15, 0.2) is 0 Å². The van der Waals surface area contributed by atoms with Crippen LogP contribution in [0.5, 0.6) is 0 Å². The number of thiazole rings is 1. The molecule has 28 heavy (non-hydrogen) atoms. The first-order chi connectivity index (χ1) is 13.5. The molecular formula is C21H22N4O2S. The minimum absolute atomic E-state index is 0.0329. The molecule has 2 amide bonds. The minimum atomic E-state index is -0.0675. The van der Waals surface area contributed by atoms with Crippen molar-refractivity contribution in [1.82, 2.24) is 20.2 Å². The average Bonchev–Trinajstić information content (AvgIpc) is 3.13. The SMILES string of the molecule is Cc1ccc2cc(C(=O)N3CCC(NC(=O)c4scnc4C)CC3)ccc2n1. The van der Waals surface area contributed by atoms with Crippen molar-refractivity contribution in [1.29, 1.82) is 0 Å². The molecule has 6 nitrogen and oxygen atoms in total. The van der Waals surface area contributed by atoms with Crippen LogP contribution in [0.25, 0.3) is 10.9 Å². The van der Waals surface area contributed by atoms with Gasteiger partial charge in [-0.1, -0.05) is 6.07 Å². The Morgan fingerprint density at radius 2 is 1.93 bits per heavy atom. The van der Waals surface area contributed by atoms with Crippen LogP contribution in [0.1, 0.15) is 44.3 Å². The molecule has 144 valence electrons. The summed E-state index contributed by atoms with van der Waals surface area (Å²) in [5.74, 6) is -0.0346. The van der Waals surface area contributed by atoms with Crippen LogP contribution in [-0.4, -0.2) is 45.8 Å². The van der Waals surface area contributed by atoms with Crippen LogP contribution in [0, 0.1) is 13.8 Å². The molecule has 0 unspecified atom stereocenters. The van der Waals surface area contributed by atoms with Crippen LogP contribution >= 0.6 is 11.3 Å². The number of carbonyl (C=O) groups is 2. The van der Waals surface area contributed by atoms with Crippen LogP contribution < -0.4 is 5.32 Å². The number of rotatable bonds is 3. The Hall–Kier alpha value is -2.80. The molecule has 2 aromatic heterocycles. The highest BCUT2D eigenvalue weighted by Crippen LogP contribution is 2.19. The highest BCUT2D eigenvalue weighted by Gasteiger charge is 2.25. The van der Waals surface area contributed by atoms with Gasteiger partial charge in [0.1, 0.15) is 4.88 Å². The number of likely N-dealkylation sites (tertiary alicyclic amines) is 1. The number of piperidine rings is 1. The van der Waals surface area contributed by atoms with Gasteiger partial charge in [0.05, 0.1) is 16.7 Å². The number of hydrogen-bond donors (Lipinski definition) is 1. The minimum Gasteiger partial charge on any atom is -0.348 e. The molecule has 3 aromatic rings. The van der Waals surface area contributed by atoms with Gasteiger partial charge in [-0.05, 0) is 51.0 Å². The van der Waals surface area contributed by atoms with Crippen LogP contribution in [0.2, 0.25) is 0 Å². The van der Waals surface area contributed by atoms with Crippen molar-refractivity contribution >= 4 is 34.1 Å². The van der Waals surface area contributed by atoms with Crippen LogP contribution in [0.15, 0.2) is 35.8 Å². The van der Waals surface area contributed by atoms with E-state index in [1.165, 1.54) is 11.3 Å². The molecule has 0 saturated carbocycles. The monoisotopic (exact) mass is 394 g/mol. The molecule has 1 fully saturated rings. The molecule has 1 N–H and O–H groups in total. The summed E-state index contributed by atoms with van der Waals surface area (Å²) in [6, 6.07) is 9.69. The number of aryl methyl sites for hydroxylation is 2. The topological polar surface area (TPSA) is 75.2 Å². The zero-order chi connectivity index (χ0) is 19.7. The van der Waals surface area contributed by atoms with Crippen molar-refractivity contribution in [2.75, 3.05) is 13.1 Å². The number of fused-ring (bicyclic) bond motifs is 1. The van der Waals surface area contributed by atoms with E-state index in [9.17, 15) is 9.59 Å². The van der Waals surface area contributed by atoms with E-state index in [-0.39, 0.29) is 17.9 Å². The standard InChI is InChI=1S/C21H22N4O2S/c1-13-3-4-15-11-16(5-6-18(15)23-13)21(27)25-9-7-17(8-10-25)24-20(26)19-14(2)22-12-28-19/h3-6,11-12,17H,7-10H2,1-2H3,(H,24,26). The van der Waals surface area contributed by atoms with Crippen LogP contribution in [0.3, 0.4) is 0 Å². The van der Waals surface area contributed by atoms with Crippen molar-refractivity contribution < 1.29 is 9.59 Å². The third-order valence-electron chi connectivity index (χ3n) is 5.14. The predicted molar refractivity (Wildman–Crippen MR) is 110 cm³/mol. The second-order valence-electron chi connectivity index (χ2n) is 7.17. The normalized spacial score (nSPS) is 15.0. The van der Waals surface area contributed by atoms with E-state index in [0.29, 0.717) is 23.5 Å². The van der Waals surface area contributed by atoms with E-state index < -0.39 is 0 Å². The Labute approximate surface area is 167 Å². The molecule has 7 heteroatoms. The number of amides is 2. The Morgan fingerprint density at radius 1 is 1.14 bits per heavy atom. The lowest BCUT2D eigenvalue weighted by Gasteiger charge is -2.32. The highest BCUT2D eigenvalue weighted by molar-refractivity contribution is 7.11. The highest BCUT2D eigenvalue weighted by atomic mass is 32.1. The second-order valence-corrected chi connectivity index (χ2v) is 8.02. The Morgan fingerprint density at radius 3 is 2.64 bits per heavy atom. The molecule has 1 aliphatic rings. The molecule has 0 spiro atoms. The van der Waals surface area contributed by atoms with Crippen LogP contribution in [0.4, 0.5) is 0 Å². The van der Waals surface area contributed by atoms with E-state index in [1.54, 1.807) is 5.51 Å². The van der Waals surface area contributed by atoms with Crippen molar-refractivity contribution in [3.8, 4) is 0 Å². The van der Waals surface area contributed by atoms with Crippen molar-refractivity contribution in [2.45, 2.75) is 32.7 Å². The molecule has 0 atom stereocenters. The summed E-state index contributed by atoms with van der Waals surface area (Å²) in [6.07, 6.45) is 1.51. The summed E-state index contributed by atoms with van der Waals surface area (Å²) in [5.41, 5.74) is 4.99. The number of benzene rings is 1. The average molecular weight is 395 g/mol. The van der Waals surface area contributed by atoms with Crippen molar-refractivity contribution in [3.05, 3.63) is 57.7 Å². The Kier molecular flexibility index (Phi) is 5.09. The zero-order valence-corrected chi connectivity index (χ0v) is 16.8. The van der Waals surface area contributed by atoms with Gasteiger partial charge in [0, 0.05) is 35.8 Å². The smallest absolute Gasteiger partial charge is 0.263 e. The second kappa shape index (κ2) is 7.67. The lowest BCUT2D eigenvalue weighted by Crippen LogP contribution is -2.46. The summed E-state index contributed by atoms with van der Waals surface area (Å²) >= 11 is 1.36. The predicted octanol–water partition coefficient (Wildman–Crippen LogP) is 3.34. The third kappa shape index (κ3) is 3.75. The summed E-state index contributed by atoms with van der Waals surface area (Å²) in [5, 5.41) is 4.05. The van der Waals surface area contributed by atoms with Gasteiger partial charge in [0.2, 0.25) is 0 Å². The van der Waals surface area contributed by atoms with Gasteiger partial charge in [-0.25, -0.2) is 4.98 Å². The lowest BCUT2D eigenvalue weighted by atomic mass is 10.0. The van der Waals surface area contributed by atoms with Gasteiger partial charge >= 0.3 is 0 Å². The summed E-state index contributed by atoms with van der Waals surface area (Å²) in [4.78, 5) is 36.4. The van der Waals surface area contributed by atoms with Gasteiger partial charge in [-0.2, -0.15) is 0 Å². The molecule has 1 aliphatic heterocycles. The number of nitrogens with one attached hydrogen (secondary N) is 1. The molecule has 0 radical (unpaired) electrons. The van der Waals surface area contributed by atoms with Crippen LogP contribution in [-0.2, 0) is 0 Å². The number of pyridine rings is 1. The maximum atomic E-state index is 12.9. The van der Waals surface area contributed by atoms with Gasteiger partial charge in [-0.3, -0.25) is 14.6 Å². The van der Waals surface area contributed by atoms with E-state index in [0.717, 1.165) is 35.1 Å². The first-order valence-corrected chi connectivity index (χ1v) is 10.3. The Bertz CT molecular complexity index is 1040. The van der Waals surface area contributed by atoms with E-state index in [1.807, 2.05) is 49.1 Å². The number of carbonyl (C=O) groups excluding carboxylic acids is 2. The molecular weight excluding hydrogens is 372 g/mol. The molecule has 1 aromatic carbocycles. The molecule has 1 saturated heterocycles. The maximum Gasteiger partial charge on any atom is 0.263 e. The summed E-state index contributed by atoms with van der Waals surface area (Å²) in [6.45, 7) is 5.07. The number of nitrogens with zero attached hydrogens (tertiary/aromatic N) is 3. The molecule has 0 bridgehead atoms. The quantitative estimate of drug-likeness (QED) is 0.739. The third-order valence-corrected chi connectivity index (χ3v) is 6.07. The van der Waals surface area contributed by atoms with E-state index >= 15 is 0 Å². The maximum absolute atomic E-state index is 12.9. The van der Waals surface area contributed by atoms with Crippen molar-refractivity contribution in [3.63, 3.8) is 0 Å². The number of aromatic nitrogens is 2. The fraction of sp³-hybridized carbons (Fsp3) is 0.333. The van der Waals surface area contributed by atoms with Gasteiger partial charge in [0.25, 0.3) is 11.8 Å². The van der Waals surface area contributed by atoms with E-state index in [2.05, 4.69) is 15.3 Å². The zero-order valence-electron chi connectivity index (χ0n) is 15.9. The van der Waals surface area contributed by atoms with E-state index in [4.69, 9.17) is 0 Å². The fourth-order valence-electron chi connectivity index (χ4n) is 3.54. The molecule has 0 aliphatic carbocycles. The Balaban J connectivity index is 1.38. The first-order valence-electron chi connectivity index (χ1n) is 9.39.